The highest BCUT2D eigenvalue weighted by Crippen LogP contribution is 2.29. The molecule has 1 aromatic carbocycles. The van der Waals surface area contributed by atoms with E-state index in [0.29, 0.717) is 21.3 Å². The van der Waals surface area contributed by atoms with Crippen molar-refractivity contribution in [2.75, 3.05) is 5.32 Å². The van der Waals surface area contributed by atoms with Crippen molar-refractivity contribution in [3.05, 3.63) is 58.3 Å². The normalized spacial score (nSPS) is 9.81. The van der Waals surface area contributed by atoms with Crippen molar-refractivity contribution in [1.29, 1.82) is 0 Å². The summed E-state index contributed by atoms with van der Waals surface area (Å²) in [7, 11) is 0. The topological polar surface area (TPSA) is 66.1 Å². The van der Waals surface area contributed by atoms with Gasteiger partial charge in [-0.05, 0) is 36.5 Å². The Hall–Kier alpha value is -1.89. The molecular weight excluding hydrogens is 331 g/mol. The zero-order valence-electron chi connectivity index (χ0n) is 10.6. The number of rotatable bonds is 2. The molecule has 2 rings (SSSR count). The average Bonchev–Trinajstić information content (AvgIpc) is 2.49. The van der Waals surface area contributed by atoms with E-state index in [0.717, 1.165) is 0 Å². The Morgan fingerprint density at radius 3 is 2.29 bits per heavy atom. The number of thiocarbonyl (C=S) groups is 1. The summed E-state index contributed by atoms with van der Waals surface area (Å²) in [5, 5.41) is 3.82. The van der Waals surface area contributed by atoms with Crippen LogP contribution in [0, 0.1) is 0 Å². The summed E-state index contributed by atoms with van der Waals surface area (Å²) in [6, 6.07) is 8.23. The van der Waals surface area contributed by atoms with Crippen molar-refractivity contribution < 1.29 is 4.79 Å². The fraction of sp³-hybridized carbons (Fsp3) is 0. The van der Waals surface area contributed by atoms with Crippen LogP contribution in [0.3, 0.4) is 0 Å². The van der Waals surface area contributed by atoms with Crippen molar-refractivity contribution >= 4 is 52.1 Å². The molecule has 21 heavy (non-hydrogen) atoms. The molecule has 108 valence electrons. The third-order valence-corrected chi connectivity index (χ3v) is 3.27. The lowest BCUT2D eigenvalue weighted by Crippen LogP contribution is -2.43. The summed E-state index contributed by atoms with van der Waals surface area (Å²) in [5.41, 5.74) is 5.94. The van der Waals surface area contributed by atoms with Crippen LogP contribution in [0.2, 0.25) is 10.0 Å². The number of pyridine rings is 1. The molecule has 0 bridgehead atoms. The molecule has 0 aliphatic carbocycles. The summed E-state index contributed by atoms with van der Waals surface area (Å²) < 4.78 is 0. The monoisotopic (exact) mass is 340 g/mol. The Bertz CT molecular complexity index is 646. The molecule has 2 aromatic rings. The predicted octanol–water partition coefficient (Wildman–Crippen LogP) is 3.02. The summed E-state index contributed by atoms with van der Waals surface area (Å²) in [4.78, 5) is 15.6. The third kappa shape index (κ3) is 4.29. The quantitative estimate of drug-likeness (QED) is 0.579. The van der Waals surface area contributed by atoms with Crippen LogP contribution in [0.15, 0.2) is 42.7 Å². The molecule has 0 spiro atoms. The Labute approximate surface area is 136 Å². The van der Waals surface area contributed by atoms with Crippen molar-refractivity contribution in [1.82, 2.24) is 15.8 Å². The van der Waals surface area contributed by atoms with Crippen molar-refractivity contribution in [3.63, 3.8) is 0 Å². The van der Waals surface area contributed by atoms with E-state index in [-0.39, 0.29) is 11.0 Å². The van der Waals surface area contributed by atoms with Gasteiger partial charge >= 0.3 is 0 Å². The average molecular weight is 341 g/mol. The first-order chi connectivity index (χ1) is 10.1. The second-order valence-electron chi connectivity index (χ2n) is 3.87. The molecule has 0 fully saturated rings. The third-order valence-electron chi connectivity index (χ3n) is 2.43. The van der Waals surface area contributed by atoms with Crippen LogP contribution in [0.5, 0.6) is 0 Å². The Morgan fingerprint density at radius 2 is 1.67 bits per heavy atom. The van der Waals surface area contributed by atoms with E-state index >= 15 is 0 Å². The number of amides is 1. The minimum atomic E-state index is -0.341. The number of hydrogen-bond donors (Lipinski definition) is 3. The molecule has 1 aromatic heterocycles. The second-order valence-corrected chi connectivity index (χ2v) is 5.09. The highest BCUT2D eigenvalue weighted by molar-refractivity contribution is 7.80. The summed E-state index contributed by atoms with van der Waals surface area (Å²) >= 11 is 17.1. The van der Waals surface area contributed by atoms with E-state index in [1.165, 1.54) is 12.4 Å². The number of nitrogens with one attached hydrogen (secondary N) is 3. The highest BCUT2D eigenvalue weighted by Gasteiger charge is 2.08. The Morgan fingerprint density at radius 1 is 1.05 bits per heavy atom. The smallest absolute Gasteiger partial charge is 0.269 e. The maximum absolute atomic E-state index is 11.8. The number of anilines is 1. The summed E-state index contributed by atoms with van der Waals surface area (Å²) in [6.45, 7) is 0. The number of para-hydroxylation sites is 1. The molecule has 0 atom stereocenters. The Kier molecular flexibility index (Phi) is 5.32. The molecular formula is C13H10Cl2N4OS. The first-order valence-corrected chi connectivity index (χ1v) is 6.95. The number of hydrazine groups is 1. The van der Waals surface area contributed by atoms with E-state index in [1.54, 1.807) is 30.3 Å². The van der Waals surface area contributed by atoms with Gasteiger partial charge in [0.1, 0.15) is 0 Å². The molecule has 1 amide bonds. The lowest BCUT2D eigenvalue weighted by molar-refractivity contribution is 0.0944. The maximum atomic E-state index is 11.8. The lowest BCUT2D eigenvalue weighted by Gasteiger charge is -2.13. The molecule has 0 aliphatic heterocycles. The van der Waals surface area contributed by atoms with Crippen LogP contribution in [0.4, 0.5) is 5.69 Å². The summed E-state index contributed by atoms with van der Waals surface area (Å²) in [6.07, 6.45) is 3.05. The number of halogens is 2. The maximum Gasteiger partial charge on any atom is 0.269 e. The van der Waals surface area contributed by atoms with Gasteiger partial charge < -0.3 is 5.32 Å². The molecule has 8 heteroatoms. The van der Waals surface area contributed by atoms with Gasteiger partial charge in [-0.1, -0.05) is 29.3 Å². The second kappa shape index (κ2) is 7.21. The van der Waals surface area contributed by atoms with Crippen LogP contribution < -0.4 is 16.2 Å². The molecule has 5 nitrogen and oxygen atoms in total. The van der Waals surface area contributed by atoms with Gasteiger partial charge in [0.05, 0.1) is 15.7 Å². The number of hydrogen-bond acceptors (Lipinski definition) is 3. The van der Waals surface area contributed by atoms with Gasteiger partial charge in [-0.25, -0.2) is 0 Å². The van der Waals surface area contributed by atoms with Gasteiger partial charge in [0.15, 0.2) is 5.11 Å². The minimum Gasteiger partial charge on any atom is -0.329 e. The van der Waals surface area contributed by atoms with Gasteiger partial charge in [-0.2, -0.15) is 0 Å². The lowest BCUT2D eigenvalue weighted by atomic mass is 10.3. The van der Waals surface area contributed by atoms with E-state index in [9.17, 15) is 4.79 Å². The number of benzene rings is 1. The first-order valence-electron chi connectivity index (χ1n) is 5.79. The van der Waals surface area contributed by atoms with E-state index in [4.69, 9.17) is 35.4 Å². The van der Waals surface area contributed by atoms with Crippen LogP contribution >= 0.6 is 35.4 Å². The highest BCUT2D eigenvalue weighted by atomic mass is 35.5. The number of carbonyl (C=O) groups is 1. The van der Waals surface area contributed by atoms with Crippen LogP contribution in [-0.2, 0) is 0 Å². The standard InChI is InChI=1S/C13H10Cl2N4OS/c14-9-2-1-3-10(15)11(9)17-13(21)19-18-12(20)8-4-6-16-7-5-8/h1-7H,(H,18,20)(H2,17,19,21). The first kappa shape index (κ1) is 15.5. The Balaban J connectivity index is 1.92. The largest absolute Gasteiger partial charge is 0.329 e. The van der Waals surface area contributed by atoms with Crippen LogP contribution in [0.25, 0.3) is 0 Å². The van der Waals surface area contributed by atoms with Gasteiger partial charge in [-0.15, -0.1) is 0 Å². The van der Waals surface area contributed by atoms with Crippen molar-refractivity contribution in [2.24, 2.45) is 0 Å². The molecule has 0 saturated carbocycles. The molecule has 3 N–H and O–H groups in total. The van der Waals surface area contributed by atoms with E-state index < -0.39 is 0 Å². The van der Waals surface area contributed by atoms with Crippen molar-refractivity contribution in [3.8, 4) is 0 Å². The zero-order valence-corrected chi connectivity index (χ0v) is 12.9. The van der Waals surface area contributed by atoms with Gasteiger partial charge in [0.2, 0.25) is 0 Å². The SMILES string of the molecule is O=C(NNC(=S)Nc1c(Cl)cccc1Cl)c1ccncc1. The molecule has 0 aliphatic rings. The van der Waals surface area contributed by atoms with Crippen LogP contribution in [-0.4, -0.2) is 16.0 Å². The molecule has 0 unspecified atom stereocenters. The minimum absolute atomic E-state index is 0.160. The molecule has 1 heterocycles. The van der Waals surface area contributed by atoms with E-state index in [2.05, 4.69) is 21.2 Å². The number of aromatic nitrogens is 1. The fourth-order valence-corrected chi connectivity index (χ4v) is 2.10. The molecule has 0 saturated heterocycles. The van der Waals surface area contributed by atoms with Crippen LogP contribution in [0.1, 0.15) is 10.4 Å². The van der Waals surface area contributed by atoms with Gasteiger partial charge in [0, 0.05) is 18.0 Å². The fourth-order valence-electron chi connectivity index (χ4n) is 1.45. The predicted molar refractivity (Wildman–Crippen MR) is 87.5 cm³/mol. The van der Waals surface area contributed by atoms with Gasteiger partial charge in [-0.3, -0.25) is 20.6 Å². The van der Waals surface area contributed by atoms with Crippen molar-refractivity contribution in [2.45, 2.75) is 0 Å². The van der Waals surface area contributed by atoms with E-state index in [1.807, 2.05) is 0 Å². The number of carbonyl (C=O) groups excluding carboxylic acids is 1. The van der Waals surface area contributed by atoms with Gasteiger partial charge in [0.25, 0.3) is 5.91 Å². The summed E-state index contributed by atoms with van der Waals surface area (Å²) in [5.74, 6) is -0.341. The number of nitrogens with zero attached hydrogens (tertiary/aromatic N) is 1. The molecule has 0 radical (unpaired) electrons. The zero-order chi connectivity index (χ0) is 15.2.